The minimum atomic E-state index is -0.00144. The Balaban J connectivity index is 2.07. The molecule has 0 bridgehead atoms. The second-order valence-corrected chi connectivity index (χ2v) is 3.03. The summed E-state index contributed by atoms with van der Waals surface area (Å²) in [5, 5.41) is 8.82. The summed E-state index contributed by atoms with van der Waals surface area (Å²) >= 11 is 0. The van der Waals surface area contributed by atoms with E-state index in [4.69, 9.17) is 9.52 Å². The summed E-state index contributed by atoms with van der Waals surface area (Å²) in [6.07, 6.45) is 4.95. The van der Waals surface area contributed by atoms with Crippen LogP contribution in [-0.2, 0) is 13.0 Å². The van der Waals surface area contributed by atoms with Crippen LogP contribution in [0.25, 0.3) is 0 Å². The third-order valence-corrected chi connectivity index (χ3v) is 2.05. The van der Waals surface area contributed by atoms with Crippen molar-refractivity contribution in [2.24, 2.45) is 5.92 Å². The first-order chi connectivity index (χ1) is 5.40. The van der Waals surface area contributed by atoms with Gasteiger partial charge < -0.3 is 9.52 Å². The normalized spacial score (nSPS) is 17.2. The van der Waals surface area contributed by atoms with Gasteiger partial charge in [0.1, 0.15) is 11.5 Å². The number of hydrogen-bond acceptors (Lipinski definition) is 3. The molecule has 1 aromatic heterocycles. The molecule has 3 nitrogen and oxygen atoms in total. The molecule has 0 aliphatic heterocycles. The van der Waals surface area contributed by atoms with Gasteiger partial charge in [-0.3, -0.25) is 0 Å². The molecule has 0 spiro atoms. The van der Waals surface area contributed by atoms with Crippen LogP contribution in [0, 0.1) is 5.92 Å². The molecule has 0 amide bonds. The highest BCUT2D eigenvalue weighted by Crippen LogP contribution is 2.33. The van der Waals surface area contributed by atoms with Crippen LogP contribution >= 0.6 is 0 Å². The average molecular weight is 153 g/mol. The van der Waals surface area contributed by atoms with Gasteiger partial charge in [-0.1, -0.05) is 0 Å². The van der Waals surface area contributed by atoms with Crippen LogP contribution in [0.2, 0.25) is 0 Å². The predicted molar refractivity (Wildman–Crippen MR) is 38.9 cm³/mol. The Morgan fingerprint density at radius 2 is 2.45 bits per heavy atom. The van der Waals surface area contributed by atoms with Crippen molar-refractivity contribution in [1.29, 1.82) is 0 Å². The SMILES string of the molecule is OCc1ncoc1CC1CC1. The molecular weight excluding hydrogens is 142 g/mol. The molecule has 0 aromatic carbocycles. The topological polar surface area (TPSA) is 46.3 Å². The van der Waals surface area contributed by atoms with Gasteiger partial charge in [-0.25, -0.2) is 4.98 Å². The van der Waals surface area contributed by atoms with Gasteiger partial charge >= 0.3 is 0 Å². The van der Waals surface area contributed by atoms with E-state index in [1.165, 1.54) is 19.2 Å². The molecular formula is C8H11NO2. The molecule has 0 atom stereocenters. The third kappa shape index (κ3) is 1.43. The van der Waals surface area contributed by atoms with Crippen LogP contribution in [-0.4, -0.2) is 10.1 Å². The zero-order valence-corrected chi connectivity index (χ0v) is 6.29. The Hall–Kier alpha value is -0.830. The maximum absolute atomic E-state index is 8.82. The van der Waals surface area contributed by atoms with Gasteiger partial charge in [0.2, 0.25) is 0 Å². The first kappa shape index (κ1) is 6.85. The number of aliphatic hydroxyl groups excluding tert-OH is 1. The second-order valence-electron chi connectivity index (χ2n) is 3.03. The average Bonchev–Trinajstić information content (AvgIpc) is 2.68. The first-order valence-corrected chi connectivity index (χ1v) is 3.92. The molecule has 2 rings (SSSR count). The van der Waals surface area contributed by atoms with Crippen molar-refractivity contribution in [2.45, 2.75) is 25.9 Å². The fraction of sp³-hybridized carbons (Fsp3) is 0.625. The fourth-order valence-electron chi connectivity index (χ4n) is 1.17. The Bertz CT molecular complexity index is 240. The van der Waals surface area contributed by atoms with Crippen LogP contribution in [0.3, 0.4) is 0 Å². The lowest BCUT2D eigenvalue weighted by molar-refractivity contribution is 0.274. The Morgan fingerprint density at radius 1 is 1.64 bits per heavy atom. The number of aromatic nitrogens is 1. The fourth-order valence-corrected chi connectivity index (χ4v) is 1.17. The number of hydrogen-bond donors (Lipinski definition) is 1. The van der Waals surface area contributed by atoms with E-state index in [0.717, 1.165) is 18.1 Å². The quantitative estimate of drug-likeness (QED) is 0.707. The number of aliphatic hydroxyl groups is 1. The van der Waals surface area contributed by atoms with Crippen LogP contribution in [0.5, 0.6) is 0 Å². The second kappa shape index (κ2) is 2.66. The zero-order valence-electron chi connectivity index (χ0n) is 6.29. The van der Waals surface area contributed by atoms with Gasteiger partial charge in [0.15, 0.2) is 6.39 Å². The number of oxazole rings is 1. The summed E-state index contributed by atoms with van der Waals surface area (Å²) in [6, 6.07) is 0. The maximum Gasteiger partial charge on any atom is 0.181 e. The number of rotatable bonds is 3. The van der Waals surface area contributed by atoms with Gasteiger partial charge in [-0.2, -0.15) is 0 Å². The highest BCUT2D eigenvalue weighted by molar-refractivity contribution is 5.07. The smallest absolute Gasteiger partial charge is 0.181 e. The molecule has 0 unspecified atom stereocenters. The lowest BCUT2D eigenvalue weighted by Crippen LogP contribution is -1.92. The van der Waals surface area contributed by atoms with Crippen LogP contribution in [0.15, 0.2) is 10.8 Å². The van der Waals surface area contributed by atoms with Crippen LogP contribution in [0.4, 0.5) is 0 Å². The lowest BCUT2D eigenvalue weighted by Gasteiger charge is -1.94. The highest BCUT2D eigenvalue weighted by atomic mass is 16.3. The van der Waals surface area contributed by atoms with Crippen molar-refractivity contribution in [1.82, 2.24) is 4.98 Å². The van der Waals surface area contributed by atoms with Crippen molar-refractivity contribution in [3.05, 3.63) is 17.8 Å². The third-order valence-electron chi connectivity index (χ3n) is 2.05. The summed E-state index contributed by atoms with van der Waals surface area (Å²) in [5.41, 5.74) is 0.705. The predicted octanol–water partition coefficient (Wildman–Crippen LogP) is 1.12. The lowest BCUT2D eigenvalue weighted by atomic mass is 10.2. The van der Waals surface area contributed by atoms with E-state index in [2.05, 4.69) is 4.98 Å². The summed E-state index contributed by atoms with van der Waals surface area (Å²) in [6.45, 7) is -0.00144. The number of nitrogens with zero attached hydrogens (tertiary/aromatic N) is 1. The molecule has 1 aromatic rings. The summed E-state index contributed by atoms with van der Waals surface area (Å²) in [5.74, 6) is 1.66. The molecule has 0 saturated heterocycles. The standard InChI is InChI=1S/C8H11NO2/c10-4-7-8(11-5-9-7)3-6-1-2-6/h5-6,10H,1-4H2. The minimum Gasteiger partial charge on any atom is -0.448 e. The van der Waals surface area contributed by atoms with E-state index in [9.17, 15) is 0 Å². The molecule has 1 fully saturated rings. The summed E-state index contributed by atoms with van der Waals surface area (Å²) < 4.78 is 5.14. The van der Waals surface area contributed by atoms with E-state index in [1.807, 2.05) is 0 Å². The van der Waals surface area contributed by atoms with Crippen LogP contribution in [0.1, 0.15) is 24.3 Å². The van der Waals surface area contributed by atoms with E-state index in [1.54, 1.807) is 0 Å². The van der Waals surface area contributed by atoms with Crippen LogP contribution < -0.4 is 0 Å². The van der Waals surface area contributed by atoms with Crippen molar-refractivity contribution in [3.63, 3.8) is 0 Å². The zero-order chi connectivity index (χ0) is 7.68. The molecule has 1 N–H and O–H groups in total. The van der Waals surface area contributed by atoms with E-state index in [0.29, 0.717) is 5.69 Å². The Labute approximate surface area is 65.1 Å². The first-order valence-electron chi connectivity index (χ1n) is 3.92. The largest absolute Gasteiger partial charge is 0.448 e. The van der Waals surface area contributed by atoms with Crippen molar-refractivity contribution >= 4 is 0 Å². The molecule has 1 heterocycles. The molecule has 1 aliphatic rings. The molecule has 11 heavy (non-hydrogen) atoms. The Kier molecular flexibility index (Phi) is 1.66. The van der Waals surface area contributed by atoms with Crippen molar-refractivity contribution in [2.75, 3.05) is 0 Å². The van der Waals surface area contributed by atoms with E-state index >= 15 is 0 Å². The molecule has 1 aliphatic carbocycles. The van der Waals surface area contributed by atoms with Gasteiger partial charge in [0.25, 0.3) is 0 Å². The van der Waals surface area contributed by atoms with Gasteiger partial charge in [-0.15, -0.1) is 0 Å². The van der Waals surface area contributed by atoms with Gasteiger partial charge in [0.05, 0.1) is 6.61 Å². The summed E-state index contributed by atoms with van der Waals surface area (Å²) in [4.78, 5) is 3.90. The minimum absolute atomic E-state index is 0.00144. The van der Waals surface area contributed by atoms with Gasteiger partial charge in [0, 0.05) is 6.42 Å². The van der Waals surface area contributed by atoms with E-state index in [-0.39, 0.29) is 6.61 Å². The van der Waals surface area contributed by atoms with Crippen molar-refractivity contribution in [3.8, 4) is 0 Å². The maximum atomic E-state index is 8.82. The molecule has 3 heteroatoms. The molecule has 1 saturated carbocycles. The highest BCUT2D eigenvalue weighted by Gasteiger charge is 2.24. The van der Waals surface area contributed by atoms with Crippen molar-refractivity contribution < 1.29 is 9.52 Å². The molecule has 0 radical (unpaired) electrons. The van der Waals surface area contributed by atoms with Gasteiger partial charge in [-0.05, 0) is 18.8 Å². The monoisotopic (exact) mass is 153 g/mol. The van der Waals surface area contributed by atoms with E-state index < -0.39 is 0 Å². The molecule has 60 valence electrons. The Morgan fingerprint density at radius 3 is 3.09 bits per heavy atom. The summed E-state index contributed by atoms with van der Waals surface area (Å²) in [7, 11) is 0.